The van der Waals surface area contributed by atoms with Crippen LogP contribution in [0.1, 0.15) is 30.8 Å². The summed E-state index contributed by atoms with van der Waals surface area (Å²) in [6.45, 7) is 2.26. The average Bonchev–Trinajstić information content (AvgIpc) is 3.04. The summed E-state index contributed by atoms with van der Waals surface area (Å²) in [5, 5.41) is 3.12. The van der Waals surface area contributed by atoms with E-state index >= 15 is 0 Å². The molecule has 2 aromatic heterocycles. The van der Waals surface area contributed by atoms with Crippen LogP contribution in [0.5, 0.6) is 0 Å². The Hall–Kier alpha value is -2.48. The van der Waals surface area contributed by atoms with Gasteiger partial charge in [0.1, 0.15) is 6.04 Å². The molecule has 0 fully saturated rings. The predicted octanol–water partition coefficient (Wildman–Crippen LogP) is 1.35. The molecule has 0 bridgehead atoms. The van der Waals surface area contributed by atoms with Gasteiger partial charge in [-0.05, 0) is 19.8 Å². The van der Waals surface area contributed by atoms with Gasteiger partial charge in [-0.1, -0.05) is 11.6 Å². The van der Waals surface area contributed by atoms with Gasteiger partial charge in [0.05, 0.1) is 30.7 Å². The fraction of sp³-hybridized carbons (Fsp3) is 0.400. The van der Waals surface area contributed by atoms with Crippen LogP contribution in [0.2, 0.25) is 5.15 Å². The summed E-state index contributed by atoms with van der Waals surface area (Å²) < 4.78 is 6.43. The number of anilines is 1. The highest BCUT2D eigenvalue weighted by Crippen LogP contribution is 2.29. The van der Waals surface area contributed by atoms with E-state index in [1.165, 1.54) is 4.57 Å². The van der Waals surface area contributed by atoms with Crippen LogP contribution in [0, 0.1) is 0 Å². The van der Waals surface area contributed by atoms with E-state index in [4.69, 9.17) is 16.3 Å². The van der Waals surface area contributed by atoms with Gasteiger partial charge >= 0.3 is 5.97 Å². The minimum Gasteiger partial charge on any atom is -0.464 e. The van der Waals surface area contributed by atoms with E-state index in [9.17, 15) is 9.59 Å². The highest BCUT2D eigenvalue weighted by molar-refractivity contribution is 6.30. The highest BCUT2D eigenvalue weighted by atomic mass is 35.5. The van der Waals surface area contributed by atoms with Gasteiger partial charge in [-0.15, -0.1) is 0 Å². The van der Waals surface area contributed by atoms with Gasteiger partial charge in [0.2, 0.25) is 0 Å². The number of aromatic nitrogens is 4. The third-order valence-electron chi connectivity index (χ3n) is 3.74. The lowest BCUT2D eigenvalue weighted by atomic mass is 10.2. The number of esters is 1. The number of nitrogens with zero attached hydrogens (tertiary/aromatic N) is 4. The quantitative estimate of drug-likeness (QED) is 0.813. The molecule has 0 radical (unpaired) electrons. The topological polar surface area (TPSA) is 99.0 Å². The number of ether oxygens (including phenoxy) is 1. The summed E-state index contributed by atoms with van der Waals surface area (Å²) in [5.74, 6) is -0.355. The van der Waals surface area contributed by atoms with Crippen molar-refractivity contribution in [2.75, 3.05) is 11.9 Å². The van der Waals surface area contributed by atoms with Crippen LogP contribution in [0.15, 0.2) is 23.4 Å². The number of carbonyl (C=O) groups is 1. The molecule has 126 valence electrons. The number of nitrogens with one attached hydrogen (secondary N) is 1. The maximum atomic E-state index is 12.7. The molecule has 0 saturated heterocycles. The van der Waals surface area contributed by atoms with Crippen LogP contribution in [0.4, 0.5) is 5.82 Å². The van der Waals surface area contributed by atoms with E-state index in [1.807, 2.05) is 0 Å². The van der Waals surface area contributed by atoms with Crippen LogP contribution in [0.3, 0.4) is 0 Å². The Morgan fingerprint density at radius 3 is 3.04 bits per heavy atom. The monoisotopic (exact) mass is 349 g/mol. The lowest BCUT2D eigenvalue weighted by Gasteiger charge is -2.15. The number of halogens is 1. The van der Waals surface area contributed by atoms with Gasteiger partial charge in [0, 0.05) is 12.4 Å². The van der Waals surface area contributed by atoms with Crippen LogP contribution in [-0.4, -0.2) is 32.1 Å². The number of carbonyl (C=O) groups excluding carboxylic acids is 1. The fourth-order valence-corrected chi connectivity index (χ4v) is 2.94. The van der Waals surface area contributed by atoms with Crippen LogP contribution < -0.4 is 10.9 Å². The number of rotatable bonds is 5. The molecule has 3 heterocycles. The molecule has 0 aliphatic carbocycles. The maximum absolute atomic E-state index is 12.7. The molecule has 2 aromatic rings. The van der Waals surface area contributed by atoms with Crippen molar-refractivity contribution in [3.63, 3.8) is 0 Å². The van der Waals surface area contributed by atoms with Crippen LogP contribution >= 0.6 is 11.6 Å². The Balaban J connectivity index is 1.90. The first kappa shape index (κ1) is 16.4. The first-order chi connectivity index (χ1) is 11.6. The van der Waals surface area contributed by atoms with Crippen molar-refractivity contribution in [3.05, 3.63) is 45.5 Å². The summed E-state index contributed by atoms with van der Waals surface area (Å²) in [5.41, 5.74) is 0.820. The minimum absolute atomic E-state index is 0.0746. The summed E-state index contributed by atoms with van der Waals surface area (Å²) in [4.78, 5) is 37.0. The largest absolute Gasteiger partial charge is 0.464 e. The Bertz CT molecular complexity index is 809. The zero-order valence-electron chi connectivity index (χ0n) is 13.0. The van der Waals surface area contributed by atoms with Gasteiger partial charge in [-0.2, -0.15) is 0 Å². The van der Waals surface area contributed by atoms with Crippen molar-refractivity contribution < 1.29 is 9.53 Å². The maximum Gasteiger partial charge on any atom is 0.329 e. The molecule has 0 amide bonds. The first-order valence-corrected chi connectivity index (χ1v) is 7.96. The molecular weight excluding hydrogens is 334 g/mol. The summed E-state index contributed by atoms with van der Waals surface area (Å²) in [6, 6.07) is -0.662. The Morgan fingerprint density at radius 1 is 1.50 bits per heavy atom. The third-order valence-corrected chi connectivity index (χ3v) is 4.04. The molecule has 9 heteroatoms. The third kappa shape index (κ3) is 3.09. The summed E-state index contributed by atoms with van der Waals surface area (Å²) >= 11 is 6.18. The smallest absolute Gasteiger partial charge is 0.329 e. The second-order valence-corrected chi connectivity index (χ2v) is 5.59. The Kier molecular flexibility index (Phi) is 4.75. The molecule has 1 atom stereocenters. The van der Waals surface area contributed by atoms with Gasteiger partial charge in [0.25, 0.3) is 5.56 Å². The molecule has 8 nitrogen and oxygen atoms in total. The molecule has 24 heavy (non-hydrogen) atoms. The number of fused-ring (bicyclic) bond motifs is 1. The molecule has 0 aromatic carbocycles. The van der Waals surface area contributed by atoms with Gasteiger partial charge in [-0.3, -0.25) is 19.3 Å². The first-order valence-electron chi connectivity index (χ1n) is 7.58. The highest BCUT2D eigenvalue weighted by Gasteiger charge is 2.33. The van der Waals surface area contributed by atoms with Gasteiger partial charge in [0.15, 0.2) is 11.0 Å². The molecule has 0 unspecified atom stereocenters. The molecule has 3 rings (SSSR count). The molecule has 1 aliphatic rings. The molecule has 1 aliphatic heterocycles. The standard InChI is InChI=1S/C15H16ClN5O3/c1-2-24-15(23)11-4-3-10-12(16)20-13(14(22)21(10)11)19-8-9-7-17-5-6-18-9/h5-7,11H,2-4,8H2,1H3,(H,19,20)/t11-/m0/s1. The Labute approximate surface area is 142 Å². The van der Waals surface area contributed by atoms with E-state index in [0.29, 0.717) is 24.2 Å². The molecule has 1 N–H and O–H groups in total. The summed E-state index contributed by atoms with van der Waals surface area (Å²) in [7, 11) is 0. The molecular formula is C15H16ClN5O3. The van der Waals surface area contributed by atoms with E-state index in [1.54, 1.807) is 25.5 Å². The van der Waals surface area contributed by atoms with Crippen molar-refractivity contribution in [2.45, 2.75) is 32.4 Å². The minimum atomic E-state index is -0.662. The second kappa shape index (κ2) is 6.96. The average molecular weight is 350 g/mol. The van der Waals surface area contributed by atoms with Crippen LogP contribution in [-0.2, 0) is 22.5 Å². The Morgan fingerprint density at radius 2 is 2.33 bits per heavy atom. The van der Waals surface area contributed by atoms with Crippen LogP contribution in [0.25, 0.3) is 0 Å². The number of hydrogen-bond acceptors (Lipinski definition) is 7. The lowest BCUT2D eigenvalue weighted by Crippen LogP contribution is -2.31. The summed E-state index contributed by atoms with van der Waals surface area (Å²) in [6.07, 6.45) is 5.69. The van der Waals surface area contributed by atoms with E-state index in [2.05, 4.69) is 20.3 Å². The van der Waals surface area contributed by atoms with Crippen molar-refractivity contribution in [1.29, 1.82) is 0 Å². The lowest BCUT2D eigenvalue weighted by molar-refractivity contribution is -0.147. The van der Waals surface area contributed by atoms with Crippen molar-refractivity contribution >= 4 is 23.4 Å². The van der Waals surface area contributed by atoms with Crippen molar-refractivity contribution in [2.24, 2.45) is 0 Å². The molecule has 0 spiro atoms. The van der Waals surface area contributed by atoms with E-state index in [0.717, 1.165) is 0 Å². The molecule has 0 saturated carbocycles. The number of hydrogen-bond donors (Lipinski definition) is 1. The second-order valence-electron chi connectivity index (χ2n) is 5.23. The van der Waals surface area contributed by atoms with Gasteiger partial charge in [-0.25, -0.2) is 9.78 Å². The zero-order chi connectivity index (χ0) is 17.1. The van der Waals surface area contributed by atoms with Gasteiger partial charge < -0.3 is 10.1 Å². The predicted molar refractivity (Wildman–Crippen MR) is 86.9 cm³/mol. The van der Waals surface area contributed by atoms with Crippen molar-refractivity contribution in [3.8, 4) is 0 Å². The zero-order valence-corrected chi connectivity index (χ0v) is 13.8. The fourth-order valence-electron chi connectivity index (χ4n) is 2.67. The van der Waals surface area contributed by atoms with E-state index < -0.39 is 17.6 Å². The normalized spacial score (nSPS) is 15.8. The SMILES string of the molecule is CCOC(=O)[C@@H]1CCc2c(Cl)nc(NCc3cnccn3)c(=O)n21. The van der Waals surface area contributed by atoms with E-state index in [-0.39, 0.29) is 24.1 Å². The van der Waals surface area contributed by atoms with Crippen molar-refractivity contribution in [1.82, 2.24) is 19.5 Å².